The second kappa shape index (κ2) is 3.77. The van der Waals surface area contributed by atoms with Crippen molar-refractivity contribution in [2.75, 3.05) is 0 Å². The van der Waals surface area contributed by atoms with Crippen LogP contribution in [0.2, 0.25) is 0 Å². The zero-order valence-electron chi connectivity index (χ0n) is 9.95. The Labute approximate surface area is 94.7 Å². The zero-order chi connectivity index (χ0) is 11.8. The van der Waals surface area contributed by atoms with E-state index in [4.69, 9.17) is 0 Å². The molecule has 0 bridgehead atoms. The average Bonchev–Trinajstić information content (AvgIpc) is 2.61. The third-order valence-electron chi connectivity index (χ3n) is 2.52. The fraction of sp³-hybridized carbons (Fsp3) is 0.500. The summed E-state index contributed by atoms with van der Waals surface area (Å²) < 4.78 is 1.49. The lowest BCUT2D eigenvalue weighted by molar-refractivity contribution is 0.343. The molecular formula is C12H17N3O. The van der Waals surface area contributed by atoms with Crippen molar-refractivity contribution in [1.82, 2.24) is 14.8 Å². The molecule has 0 saturated carbocycles. The highest BCUT2D eigenvalue weighted by Crippen LogP contribution is 2.18. The lowest BCUT2D eigenvalue weighted by Gasteiger charge is -2.16. The lowest BCUT2D eigenvalue weighted by atomic mass is 10.1. The quantitative estimate of drug-likeness (QED) is 0.786. The Bertz CT molecular complexity index is 497. The molecule has 0 aromatic carbocycles. The molecule has 0 amide bonds. The molecule has 1 aliphatic carbocycles. The number of allylic oxidation sites excluding steroid dienone is 4. The van der Waals surface area contributed by atoms with Gasteiger partial charge in [-0.2, -0.15) is 0 Å². The third-order valence-corrected chi connectivity index (χ3v) is 2.52. The van der Waals surface area contributed by atoms with Crippen molar-refractivity contribution < 1.29 is 0 Å². The van der Waals surface area contributed by atoms with Gasteiger partial charge in [-0.15, -0.1) is 5.10 Å². The summed E-state index contributed by atoms with van der Waals surface area (Å²) >= 11 is 0. The average molecular weight is 219 g/mol. The normalized spacial score (nSPS) is 16.3. The molecule has 0 radical (unpaired) electrons. The Morgan fingerprint density at radius 2 is 2.12 bits per heavy atom. The molecule has 0 unspecified atom stereocenters. The van der Waals surface area contributed by atoms with Crippen LogP contribution in [0.5, 0.6) is 0 Å². The van der Waals surface area contributed by atoms with Crippen LogP contribution in [0.1, 0.15) is 39.4 Å². The molecule has 86 valence electrons. The van der Waals surface area contributed by atoms with Crippen molar-refractivity contribution in [3.63, 3.8) is 0 Å². The Morgan fingerprint density at radius 3 is 2.62 bits per heavy atom. The van der Waals surface area contributed by atoms with Crippen LogP contribution in [-0.4, -0.2) is 14.8 Å². The largest absolute Gasteiger partial charge is 0.344 e. The molecule has 0 aliphatic heterocycles. The van der Waals surface area contributed by atoms with E-state index in [1.54, 1.807) is 0 Å². The van der Waals surface area contributed by atoms with Crippen molar-refractivity contribution in [2.45, 2.75) is 39.2 Å². The smallest absolute Gasteiger partial charge is 0.289 e. The summed E-state index contributed by atoms with van der Waals surface area (Å²) in [5, 5.41) is 4.33. The SMILES string of the molecule is CC(C)(C)n1nc(C2=CCCC=C2)[nH]c1=O. The number of nitrogens with one attached hydrogen (secondary N) is 1. The first kappa shape index (κ1) is 10.9. The van der Waals surface area contributed by atoms with Gasteiger partial charge < -0.3 is 0 Å². The molecule has 1 aliphatic rings. The molecule has 0 saturated heterocycles. The number of H-pyrrole nitrogens is 1. The van der Waals surface area contributed by atoms with Gasteiger partial charge in [0.1, 0.15) is 0 Å². The molecule has 0 fully saturated rings. The molecule has 2 rings (SSSR count). The Kier molecular flexibility index (Phi) is 2.58. The number of aromatic nitrogens is 3. The van der Waals surface area contributed by atoms with Gasteiger partial charge in [-0.25, -0.2) is 9.48 Å². The second-order valence-electron chi connectivity index (χ2n) is 5.00. The van der Waals surface area contributed by atoms with Crippen LogP contribution in [0.25, 0.3) is 5.57 Å². The van der Waals surface area contributed by atoms with Crippen molar-refractivity contribution in [3.8, 4) is 0 Å². The van der Waals surface area contributed by atoms with Crippen LogP contribution >= 0.6 is 0 Å². The van der Waals surface area contributed by atoms with Crippen LogP contribution in [0, 0.1) is 0 Å². The minimum Gasteiger partial charge on any atom is -0.289 e. The maximum Gasteiger partial charge on any atom is 0.344 e. The van der Waals surface area contributed by atoms with Gasteiger partial charge in [0.25, 0.3) is 0 Å². The number of nitrogens with zero attached hydrogens (tertiary/aromatic N) is 2. The maximum absolute atomic E-state index is 11.7. The summed E-state index contributed by atoms with van der Waals surface area (Å²) in [7, 11) is 0. The first-order chi connectivity index (χ1) is 7.48. The molecule has 4 heteroatoms. The lowest BCUT2D eigenvalue weighted by Crippen LogP contribution is -2.33. The Balaban J connectivity index is 2.42. The van der Waals surface area contributed by atoms with Crippen LogP contribution in [0.15, 0.2) is 23.0 Å². The molecule has 1 N–H and O–H groups in total. The van der Waals surface area contributed by atoms with Crippen molar-refractivity contribution in [2.24, 2.45) is 0 Å². The van der Waals surface area contributed by atoms with Gasteiger partial charge in [-0.05, 0) is 33.6 Å². The highest BCUT2D eigenvalue weighted by Gasteiger charge is 2.19. The molecule has 0 atom stereocenters. The van der Waals surface area contributed by atoms with Crippen molar-refractivity contribution in [3.05, 3.63) is 34.5 Å². The number of rotatable bonds is 1. The van der Waals surface area contributed by atoms with Gasteiger partial charge >= 0.3 is 5.69 Å². The zero-order valence-corrected chi connectivity index (χ0v) is 9.95. The van der Waals surface area contributed by atoms with E-state index in [9.17, 15) is 4.79 Å². The van der Waals surface area contributed by atoms with E-state index in [0.717, 1.165) is 18.4 Å². The topological polar surface area (TPSA) is 50.7 Å². The highest BCUT2D eigenvalue weighted by molar-refractivity contribution is 5.69. The summed E-state index contributed by atoms with van der Waals surface area (Å²) in [5.74, 6) is 0.663. The van der Waals surface area contributed by atoms with Gasteiger partial charge in [0.15, 0.2) is 5.82 Å². The number of hydrogen-bond acceptors (Lipinski definition) is 2. The minimum atomic E-state index is -0.287. The summed E-state index contributed by atoms with van der Waals surface area (Å²) in [6.45, 7) is 5.89. The van der Waals surface area contributed by atoms with Gasteiger partial charge in [0, 0.05) is 5.57 Å². The van der Waals surface area contributed by atoms with E-state index in [-0.39, 0.29) is 11.2 Å². The maximum atomic E-state index is 11.7. The third kappa shape index (κ3) is 2.01. The van der Waals surface area contributed by atoms with Gasteiger partial charge in [-0.1, -0.05) is 18.2 Å². The van der Waals surface area contributed by atoms with Crippen molar-refractivity contribution in [1.29, 1.82) is 0 Å². The molecule has 1 heterocycles. The van der Waals surface area contributed by atoms with Gasteiger partial charge in [-0.3, -0.25) is 4.98 Å². The second-order valence-corrected chi connectivity index (χ2v) is 5.00. The van der Waals surface area contributed by atoms with Crippen molar-refractivity contribution >= 4 is 5.57 Å². The molecule has 0 spiro atoms. The fourth-order valence-corrected chi connectivity index (χ4v) is 1.70. The standard InChI is InChI=1S/C12H17N3O/c1-12(2,3)15-11(16)13-10(14-15)9-7-5-4-6-8-9/h5,7-8H,4,6H2,1-3H3,(H,13,14,16). The summed E-state index contributed by atoms with van der Waals surface area (Å²) in [6, 6.07) is 0. The predicted molar refractivity (Wildman–Crippen MR) is 64.2 cm³/mol. The van der Waals surface area contributed by atoms with E-state index < -0.39 is 0 Å². The molecule has 1 aromatic heterocycles. The highest BCUT2D eigenvalue weighted by atomic mass is 16.2. The van der Waals surface area contributed by atoms with Crippen LogP contribution in [0.3, 0.4) is 0 Å². The molecule has 16 heavy (non-hydrogen) atoms. The van der Waals surface area contributed by atoms with E-state index in [0.29, 0.717) is 5.82 Å². The first-order valence-electron chi connectivity index (χ1n) is 5.55. The summed E-state index contributed by atoms with van der Waals surface area (Å²) in [5.41, 5.74) is 0.568. The summed E-state index contributed by atoms with van der Waals surface area (Å²) in [6.07, 6.45) is 8.29. The molecule has 4 nitrogen and oxygen atoms in total. The van der Waals surface area contributed by atoms with Crippen LogP contribution in [-0.2, 0) is 5.54 Å². The monoisotopic (exact) mass is 219 g/mol. The van der Waals surface area contributed by atoms with E-state index >= 15 is 0 Å². The predicted octanol–water partition coefficient (Wildman–Crippen LogP) is 2.06. The Morgan fingerprint density at radius 1 is 1.38 bits per heavy atom. The summed E-state index contributed by atoms with van der Waals surface area (Å²) in [4.78, 5) is 14.5. The van der Waals surface area contributed by atoms with E-state index in [1.165, 1.54) is 4.68 Å². The van der Waals surface area contributed by atoms with Crippen LogP contribution in [0.4, 0.5) is 0 Å². The van der Waals surface area contributed by atoms with Gasteiger partial charge in [0.2, 0.25) is 0 Å². The van der Waals surface area contributed by atoms with E-state index in [2.05, 4.69) is 22.2 Å². The molecular weight excluding hydrogens is 202 g/mol. The Hall–Kier alpha value is -1.58. The van der Waals surface area contributed by atoms with Crippen LogP contribution < -0.4 is 5.69 Å². The fourth-order valence-electron chi connectivity index (χ4n) is 1.70. The number of aromatic amines is 1. The minimum absolute atomic E-state index is 0.151. The number of hydrogen-bond donors (Lipinski definition) is 1. The van der Waals surface area contributed by atoms with E-state index in [1.807, 2.05) is 26.8 Å². The molecule has 1 aromatic rings. The van der Waals surface area contributed by atoms with Gasteiger partial charge in [0.05, 0.1) is 5.54 Å². The first-order valence-corrected chi connectivity index (χ1v) is 5.55.